The van der Waals surface area contributed by atoms with Crippen molar-refractivity contribution in [1.29, 1.82) is 0 Å². The molecule has 7 rings (SSSR count). The summed E-state index contributed by atoms with van der Waals surface area (Å²) in [5.41, 5.74) is 1.93. The Bertz CT molecular complexity index is 2500. The van der Waals surface area contributed by atoms with Gasteiger partial charge in [-0.1, -0.05) is 36.4 Å². The highest BCUT2D eigenvalue weighted by Crippen LogP contribution is 2.32. The Balaban J connectivity index is 0.000000183. The van der Waals surface area contributed by atoms with Gasteiger partial charge in [-0.2, -0.15) is 0 Å². The molecule has 1 aliphatic rings. The Hall–Kier alpha value is -5.13. The van der Waals surface area contributed by atoms with Gasteiger partial charge in [-0.15, -0.1) is 11.6 Å². The van der Waals surface area contributed by atoms with Crippen molar-refractivity contribution in [2.75, 3.05) is 33.2 Å². The molecule has 0 aliphatic carbocycles. The number of hydrogen-bond donors (Lipinski definition) is 0. The van der Waals surface area contributed by atoms with Gasteiger partial charge in [0.15, 0.2) is 0 Å². The molecule has 0 unspecified atom stereocenters. The van der Waals surface area contributed by atoms with Crippen molar-refractivity contribution in [1.82, 2.24) is 17.7 Å². The summed E-state index contributed by atoms with van der Waals surface area (Å²) in [6.45, 7) is 4.14. The summed E-state index contributed by atoms with van der Waals surface area (Å²) in [6.07, 6.45) is 3.01. The molecule has 0 saturated carbocycles. The Morgan fingerprint density at radius 3 is 1.48 bits per heavy atom. The minimum atomic E-state index is -3.81. The number of nitrogens with zero attached hydrogens (tertiary/aromatic N) is 6. The van der Waals surface area contributed by atoms with Crippen molar-refractivity contribution in [3.63, 3.8) is 0 Å². The van der Waals surface area contributed by atoms with Gasteiger partial charge in [-0.05, 0) is 54.6 Å². The fourth-order valence-electron chi connectivity index (χ4n) is 6.02. The number of nitro benzene ring substituents is 2. The van der Waals surface area contributed by atoms with E-state index in [1.807, 2.05) is 0 Å². The van der Waals surface area contributed by atoms with Crippen LogP contribution in [0, 0.1) is 20.2 Å². The average Bonchev–Trinajstić information content (AvgIpc) is 3.72. The normalized spacial score (nSPS) is 14.3. The van der Waals surface area contributed by atoms with Gasteiger partial charge in [0, 0.05) is 86.0 Å². The minimum Gasteiger partial charge on any atom is -0.304 e. The topological polar surface area (TPSA) is 171 Å². The first-order valence-corrected chi connectivity index (χ1v) is 19.4. The summed E-state index contributed by atoms with van der Waals surface area (Å²) >= 11 is 5.87. The molecule has 0 spiro atoms. The summed E-state index contributed by atoms with van der Waals surface area (Å²) in [5.74, 6) is 0.0506. The molecule has 2 aromatic heterocycles. The van der Waals surface area contributed by atoms with Crippen molar-refractivity contribution < 1.29 is 26.7 Å². The fourth-order valence-corrected chi connectivity index (χ4v) is 9.06. The third-order valence-corrected chi connectivity index (χ3v) is 12.5. The molecule has 0 radical (unpaired) electrons. The maximum atomic E-state index is 13.2. The predicted octanol–water partition coefficient (Wildman–Crippen LogP) is 6.06. The van der Waals surface area contributed by atoms with Crippen molar-refractivity contribution in [3.8, 4) is 0 Å². The molecular formula is C35H33ClN6O8S2. The highest BCUT2D eigenvalue weighted by Gasteiger charge is 2.25. The molecule has 1 saturated heterocycles. The second-order valence-electron chi connectivity index (χ2n) is 12.2. The van der Waals surface area contributed by atoms with E-state index in [2.05, 4.69) is 16.8 Å². The van der Waals surface area contributed by atoms with Crippen molar-refractivity contribution in [2.45, 2.75) is 22.2 Å². The Morgan fingerprint density at radius 1 is 0.635 bits per heavy atom. The van der Waals surface area contributed by atoms with E-state index in [9.17, 15) is 37.1 Å². The number of rotatable bonds is 9. The number of alkyl halides is 1. The third kappa shape index (κ3) is 7.29. The average molecular weight is 765 g/mol. The van der Waals surface area contributed by atoms with Gasteiger partial charge < -0.3 is 4.90 Å². The Morgan fingerprint density at radius 2 is 1.06 bits per heavy atom. The number of benzene rings is 4. The number of aromatic nitrogens is 2. The maximum absolute atomic E-state index is 13.2. The number of hydrogen-bond acceptors (Lipinski definition) is 10. The quantitative estimate of drug-likeness (QED) is 0.0958. The van der Waals surface area contributed by atoms with E-state index in [1.165, 1.54) is 58.7 Å². The molecule has 0 bridgehead atoms. The monoisotopic (exact) mass is 764 g/mol. The zero-order valence-electron chi connectivity index (χ0n) is 27.8. The van der Waals surface area contributed by atoms with Gasteiger partial charge in [0.05, 0.1) is 30.7 Å². The Kier molecular flexibility index (Phi) is 10.5. The number of piperazine rings is 1. The summed E-state index contributed by atoms with van der Waals surface area (Å²) in [6, 6.07) is 24.5. The first-order valence-electron chi connectivity index (χ1n) is 16.0. The lowest BCUT2D eigenvalue weighted by Crippen LogP contribution is -2.43. The lowest BCUT2D eigenvalue weighted by atomic mass is 10.1. The second-order valence-corrected chi connectivity index (χ2v) is 16.1. The van der Waals surface area contributed by atoms with Crippen LogP contribution in [-0.2, 0) is 32.5 Å². The van der Waals surface area contributed by atoms with Crippen molar-refractivity contribution in [2.24, 2.45) is 0 Å². The van der Waals surface area contributed by atoms with Crippen LogP contribution >= 0.6 is 11.6 Å². The lowest BCUT2D eigenvalue weighted by Gasteiger charge is -2.32. The number of halogens is 1. The van der Waals surface area contributed by atoms with Crippen LogP contribution in [0.1, 0.15) is 11.1 Å². The molecule has 14 nitrogen and oxygen atoms in total. The Labute approximate surface area is 304 Å². The highest BCUT2D eigenvalue weighted by atomic mass is 35.5. The van der Waals surface area contributed by atoms with Crippen molar-refractivity contribution in [3.05, 3.63) is 141 Å². The van der Waals surface area contributed by atoms with Crippen LogP contribution in [0.2, 0.25) is 0 Å². The molecule has 1 fully saturated rings. The van der Waals surface area contributed by atoms with E-state index >= 15 is 0 Å². The smallest absolute Gasteiger partial charge is 0.270 e. The molecule has 270 valence electrons. The molecule has 0 N–H and O–H groups in total. The molecule has 52 heavy (non-hydrogen) atoms. The molecule has 17 heteroatoms. The van der Waals surface area contributed by atoms with E-state index in [4.69, 9.17) is 11.6 Å². The van der Waals surface area contributed by atoms with Gasteiger partial charge in [0.2, 0.25) is 0 Å². The molecule has 0 amide bonds. The molecule has 4 aromatic carbocycles. The van der Waals surface area contributed by atoms with Crippen LogP contribution in [0.5, 0.6) is 0 Å². The summed E-state index contributed by atoms with van der Waals surface area (Å²) in [4.78, 5) is 26.0. The molecule has 0 atom stereocenters. The number of nitro groups is 2. The molecule has 6 aromatic rings. The minimum absolute atomic E-state index is 0.0491. The molecule has 3 heterocycles. The molecular weight excluding hydrogens is 732 g/mol. The first-order chi connectivity index (χ1) is 24.8. The highest BCUT2D eigenvalue weighted by molar-refractivity contribution is 7.90. The zero-order chi connectivity index (χ0) is 37.2. The van der Waals surface area contributed by atoms with Gasteiger partial charge in [-0.25, -0.2) is 24.8 Å². The SMILES string of the molecule is CN1CCN(Cc2cn(S(=O)(=O)c3ccccc3)c3ccc([N+](=O)[O-])cc23)CC1.O=[N+]([O-])c1ccc2c(c1)c(CCl)cn2S(=O)(=O)c1ccccc1. The maximum Gasteiger partial charge on any atom is 0.270 e. The second kappa shape index (κ2) is 14.8. The van der Waals surface area contributed by atoms with Gasteiger partial charge in [-0.3, -0.25) is 25.1 Å². The summed E-state index contributed by atoms with van der Waals surface area (Å²) < 4.78 is 54.4. The standard InChI is InChI=1S/C20H22N4O4S.C15H11ClN2O4S/c1-21-9-11-22(12-10-21)14-16-15-23(29(27,28)18-5-3-2-4-6-18)20-8-7-17(24(25)26)13-19(16)20;16-9-11-10-17(23(21,22)13-4-2-1-3-5-13)15-7-6-12(18(19)20)8-14(11)15/h2-8,13,15H,9-12,14H2,1H3;1-8,10H,9H2. The third-order valence-electron chi connectivity index (χ3n) is 8.83. The van der Waals surface area contributed by atoms with E-state index in [1.54, 1.807) is 54.7 Å². The van der Waals surface area contributed by atoms with Gasteiger partial charge >= 0.3 is 0 Å². The molecule has 1 aliphatic heterocycles. The van der Waals surface area contributed by atoms with E-state index in [0.29, 0.717) is 33.9 Å². The number of non-ortho nitro benzene ring substituents is 2. The van der Waals surface area contributed by atoms with E-state index in [0.717, 1.165) is 35.7 Å². The largest absolute Gasteiger partial charge is 0.304 e. The summed E-state index contributed by atoms with van der Waals surface area (Å²) in [7, 11) is -5.54. The first kappa shape index (κ1) is 36.7. The van der Waals surface area contributed by atoms with Crippen LogP contribution in [0.25, 0.3) is 21.8 Å². The fraction of sp³-hybridized carbons (Fsp3) is 0.200. The van der Waals surface area contributed by atoms with Crippen LogP contribution in [-0.4, -0.2) is 77.7 Å². The van der Waals surface area contributed by atoms with Gasteiger partial charge in [0.25, 0.3) is 31.4 Å². The number of fused-ring (bicyclic) bond motifs is 2. The van der Waals surface area contributed by atoms with Crippen LogP contribution in [0.4, 0.5) is 11.4 Å². The van der Waals surface area contributed by atoms with Crippen LogP contribution in [0.3, 0.4) is 0 Å². The van der Waals surface area contributed by atoms with Gasteiger partial charge in [0.1, 0.15) is 0 Å². The van der Waals surface area contributed by atoms with E-state index < -0.39 is 29.9 Å². The summed E-state index contributed by atoms with van der Waals surface area (Å²) in [5, 5.41) is 23.2. The zero-order valence-corrected chi connectivity index (χ0v) is 30.2. The van der Waals surface area contributed by atoms with Crippen LogP contribution < -0.4 is 0 Å². The lowest BCUT2D eigenvalue weighted by molar-refractivity contribution is -0.384. The number of likely N-dealkylation sites (N-methyl/N-ethyl adjacent to an activating group) is 1. The van der Waals surface area contributed by atoms with E-state index in [-0.39, 0.29) is 27.0 Å². The van der Waals surface area contributed by atoms with Crippen molar-refractivity contribution >= 4 is 64.8 Å². The predicted molar refractivity (Wildman–Crippen MR) is 198 cm³/mol. The van der Waals surface area contributed by atoms with Crippen LogP contribution in [0.15, 0.2) is 119 Å².